The van der Waals surface area contributed by atoms with Crippen molar-refractivity contribution in [3.05, 3.63) is 29.3 Å². The average molecular weight is 313 g/mol. The minimum atomic E-state index is 0.0157. The van der Waals surface area contributed by atoms with Crippen molar-refractivity contribution < 1.29 is 0 Å². The molecule has 1 heteroatoms. The molecule has 0 N–H and O–H groups in total. The largest absolute Gasteiger partial charge is 0.130 e. The highest BCUT2D eigenvalue weighted by atomic mass is 32.2. The van der Waals surface area contributed by atoms with Crippen LogP contribution in [0.5, 0.6) is 0 Å². The Hall–Kier alpha value is -1.31. The smallest absolute Gasteiger partial charge is 0.0298 e. The van der Waals surface area contributed by atoms with Gasteiger partial charge in [0.2, 0.25) is 0 Å². The van der Waals surface area contributed by atoms with Gasteiger partial charge in [0.15, 0.2) is 0 Å². The van der Waals surface area contributed by atoms with Crippen molar-refractivity contribution in [3.8, 4) is 23.7 Å². The zero-order valence-corrected chi connectivity index (χ0v) is 15.9. The van der Waals surface area contributed by atoms with Crippen LogP contribution in [0, 0.1) is 34.5 Å². The maximum absolute atomic E-state index is 3.32. The average Bonchev–Trinajstić information content (AvgIpc) is 2.36. The van der Waals surface area contributed by atoms with Gasteiger partial charge in [0.1, 0.15) is 0 Å². The molecule has 22 heavy (non-hydrogen) atoms. The summed E-state index contributed by atoms with van der Waals surface area (Å²) in [5, 5.41) is 0. The first-order valence-corrected chi connectivity index (χ1v) is 8.98. The standard InChI is InChI=1S/C21H28S/c1-8-10-20(3,4)15-17-12-18(14-19(13-17)22-7)16-21(5,6)11-9-2/h12-14H,15-16H2,1-7H3. The van der Waals surface area contributed by atoms with E-state index in [1.54, 1.807) is 11.8 Å². The number of hydrogen-bond donors (Lipinski definition) is 0. The first kappa shape index (κ1) is 18.7. The van der Waals surface area contributed by atoms with Crippen molar-refractivity contribution in [2.45, 2.75) is 59.3 Å². The summed E-state index contributed by atoms with van der Waals surface area (Å²) in [5.41, 5.74) is 2.77. The van der Waals surface area contributed by atoms with Crippen LogP contribution in [0.3, 0.4) is 0 Å². The van der Waals surface area contributed by atoms with Crippen molar-refractivity contribution >= 4 is 11.8 Å². The molecule has 0 amide bonds. The Morgan fingerprint density at radius 3 is 1.55 bits per heavy atom. The molecule has 1 aromatic carbocycles. The normalized spacial score (nSPS) is 11.2. The van der Waals surface area contributed by atoms with Gasteiger partial charge in [0.05, 0.1) is 0 Å². The zero-order valence-electron chi connectivity index (χ0n) is 15.1. The fourth-order valence-corrected chi connectivity index (χ4v) is 3.37. The molecule has 1 rings (SSSR count). The Kier molecular flexibility index (Phi) is 6.65. The summed E-state index contributed by atoms with van der Waals surface area (Å²) in [4.78, 5) is 1.33. The molecule has 0 atom stereocenters. The second-order valence-corrected chi connectivity index (χ2v) is 7.94. The van der Waals surface area contributed by atoms with Crippen LogP contribution in [0.2, 0.25) is 0 Å². The van der Waals surface area contributed by atoms with Crippen LogP contribution in [-0.2, 0) is 12.8 Å². The first-order valence-electron chi connectivity index (χ1n) is 7.76. The summed E-state index contributed by atoms with van der Waals surface area (Å²) in [7, 11) is 0. The first-order chi connectivity index (χ1) is 10.2. The lowest BCUT2D eigenvalue weighted by Gasteiger charge is -2.21. The monoisotopic (exact) mass is 312 g/mol. The lowest BCUT2D eigenvalue weighted by Crippen LogP contribution is -2.14. The molecule has 118 valence electrons. The van der Waals surface area contributed by atoms with Crippen LogP contribution in [0.4, 0.5) is 0 Å². The molecular formula is C21H28S. The Morgan fingerprint density at radius 2 is 1.23 bits per heavy atom. The van der Waals surface area contributed by atoms with E-state index in [-0.39, 0.29) is 10.8 Å². The van der Waals surface area contributed by atoms with Gasteiger partial charge in [-0.1, -0.05) is 17.9 Å². The second kappa shape index (κ2) is 7.80. The van der Waals surface area contributed by atoms with Crippen molar-refractivity contribution in [1.29, 1.82) is 0 Å². The van der Waals surface area contributed by atoms with E-state index in [1.807, 2.05) is 13.8 Å². The van der Waals surface area contributed by atoms with E-state index in [4.69, 9.17) is 0 Å². The van der Waals surface area contributed by atoms with Gasteiger partial charge < -0.3 is 0 Å². The number of thioether (sulfide) groups is 1. The van der Waals surface area contributed by atoms with Gasteiger partial charge in [-0.25, -0.2) is 0 Å². The van der Waals surface area contributed by atoms with E-state index >= 15 is 0 Å². The molecule has 0 aliphatic carbocycles. The molecule has 0 radical (unpaired) electrons. The predicted molar refractivity (Wildman–Crippen MR) is 100 cm³/mol. The van der Waals surface area contributed by atoms with E-state index in [0.717, 1.165) is 12.8 Å². The van der Waals surface area contributed by atoms with Crippen molar-refractivity contribution in [2.24, 2.45) is 10.8 Å². The third kappa shape index (κ3) is 6.21. The predicted octanol–water partition coefficient (Wildman–Crippen LogP) is 5.59. The van der Waals surface area contributed by atoms with Crippen LogP contribution < -0.4 is 0 Å². The van der Waals surface area contributed by atoms with Gasteiger partial charge in [-0.15, -0.1) is 23.6 Å². The lowest BCUT2D eigenvalue weighted by molar-refractivity contribution is 0.492. The van der Waals surface area contributed by atoms with E-state index < -0.39 is 0 Å². The maximum Gasteiger partial charge on any atom is 0.0298 e. The molecule has 1 aromatic rings. The number of hydrogen-bond acceptors (Lipinski definition) is 1. The molecule has 0 heterocycles. The molecule has 0 nitrogen and oxygen atoms in total. The van der Waals surface area contributed by atoms with Crippen LogP contribution in [0.15, 0.2) is 23.1 Å². The van der Waals surface area contributed by atoms with Gasteiger partial charge in [0, 0.05) is 15.7 Å². The third-order valence-corrected chi connectivity index (χ3v) is 4.19. The summed E-state index contributed by atoms with van der Waals surface area (Å²) in [6.45, 7) is 12.7. The third-order valence-electron chi connectivity index (χ3n) is 3.48. The second-order valence-electron chi connectivity index (χ2n) is 7.06. The number of benzene rings is 1. The van der Waals surface area contributed by atoms with E-state index in [9.17, 15) is 0 Å². The number of rotatable bonds is 5. The molecule has 0 saturated carbocycles. The fraction of sp³-hybridized carbons (Fsp3) is 0.524. The highest BCUT2D eigenvalue weighted by Crippen LogP contribution is 2.29. The van der Waals surface area contributed by atoms with Crippen LogP contribution in [0.1, 0.15) is 52.7 Å². The molecular weight excluding hydrogens is 284 g/mol. The quantitative estimate of drug-likeness (QED) is 0.504. The summed E-state index contributed by atoms with van der Waals surface area (Å²) in [5.74, 6) is 12.7. The molecule has 0 spiro atoms. The molecule has 0 unspecified atom stereocenters. The van der Waals surface area contributed by atoms with E-state index in [1.165, 1.54) is 16.0 Å². The van der Waals surface area contributed by atoms with Gasteiger partial charge in [-0.3, -0.25) is 0 Å². The van der Waals surface area contributed by atoms with Gasteiger partial charge in [-0.2, -0.15) is 0 Å². The van der Waals surface area contributed by atoms with E-state index in [2.05, 4.69) is 75.8 Å². The Morgan fingerprint density at radius 1 is 0.818 bits per heavy atom. The maximum atomic E-state index is 3.32. The minimum absolute atomic E-state index is 0.0157. The fourth-order valence-electron chi connectivity index (χ4n) is 2.84. The topological polar surface area (TPSA) is 0 Å². The van der Waals surface area contributed by atoms with Gasteiger partial charge in [0.25, 0.3) is 0 Å². The van der Waals surface area contributed by atoms with Crippen LogP contribution in [-0.4, -0.2) is 6.26 Å². The SMILES string of the molecule is CC#CC(C)(C)Cc1cc(CC(C)(C)C#CC)cc(SC)c1. The highest BCUT2D eigenvalue weighted by molar-refractivity contribution is 7.98. The minimum Gasteiger partial charge on any atom is -0.130 e. The van der Waals surface area contributed by atoms with Crippen molar-refractivity contribution in [3.63, 3.8) is 0 Å². The van der Waals surface area contributed by atoms with Gasteiger partial charge in [-0.05, 0) is 83.9 Å². The van der Waals surface area contributed by atoms with Crippen molar-refractivity contribution in [2.75, 3.05) is 6.26 Å². The summed E-state index contributed by atoms with van der Waals surface area (Å²) < 4.78 is 0. The lowest BCUT2D eigenvalue weighted by atomic mass is 9.83. The highest BCUT2D eigenvalue weighted by Gasteiger charge is 2.19. The van der Waals surface area contributed by atoms with Crippen LogP contribution in [0.25, 0.3) is 0 Å². The van der Waals surface area contributed by atoms with Gasteiger partial charge >= 0.3 is 0 Å². The molecule has 0 bridgehead atoms. The van der Waals surface area contributed by atoms with Crippen LogP contribution >= 0.6 is 11.8 Å². The Bertz CT molecular complexity index is 575. The summed E-state index contributed by atoms with van der Waals surface area (Å²) in [6, 6.07) is 6.93. The molecule has 0 saturated heterocycles. The zero-order chi connectivity index (χ0) is 16.8. The molecule has 0 fully saturated rings. The Labute approximate surface area is 141 Å². The molecule has 0 aliphatic heterocycles. The Balaban J connectivity index is 3.12. The summed E-state index contributed by atoms with van der Waals surface area (Å²) >= 11 is 1.80. The van der Waals surface area contributed by atoms with E-state index in [0.29, 0.717) is 0 Å². The van der Waals surface area contributed by atoms with Crippen molar-refractivity contribution in [1.82, 2.24) is 0 Å². The summed E-state index contributed by atoms with van der Waals surface area (Å²) in [6.07, 6.45) is 4.10. The molecule has 0 aromatic heterocycles. The molecule has 0 aliphatic rings.